The maximum absolute atomic E-state index is 14.4. The molecule has 11 heteroatoms. The Labute approximate surface area is 178 Å². The first-order chi connectivity index (χ1) is 15.2. The van der Waals surface area contributed by atoms with Gasteiger partial charge in [0.1, 0.15) is 18.2 Å². The van der Waals surface area contributed by atoms with Crippen LogP contribution >= 0.6 is 0 Å². The van der Waals surface area contributed by atoms with Crippen molar-refractivity contribution < 1.29 is 35.9 Å². The summed E-state index contributed by atoms with van der Waals surface area (Å²) < 4.78 is 77.2. The SMILES string of the molecule is O=C(c1cccc(F)c1-c1ncco1)N1CCC[C@@H](Oc2ncc(C(F)(F)F)cc2F)C1. The highest BCUT2D eigenvalue weighted by molar-refractivity contribution is 6.00. The molecule has 0 bridgehead atoms. The summed E-state index contributed by atoms with van der Waals surface area (Å²) in [5.74, 6) is -3.07. The van der Waals surface area contributed by atoms with E-state index in [4.69, 9.17) is 9.15 Å². The fraction of sp³-hybridized carbons (Fsp3) is 0.286. The van der Waals surface area contributed by atoms with Crippen LogP contribution in [0, 0.1) is 11.6 Å². The zero-order valence-electron chi connectivity index (χ0n) is 16.4. The van der Waals surface area contributed by atoms with Gasteiger partial charge in [0.2, 0.25) is 5.89 Å². The van der Waals surface area contributed by atoms with E-state index in [-0.39, 0.29) is 23.6 Å². The van der Waals surface area contributed by atoms with Crippen molar-refractivity contribution in [2.45, 2.75) is 25.1 Å². The molecule has 1 amide bonds. The van der Waals surface area contributed by atoms with Crippen LogP contribution < -0.4 is 4.74 Å². The Kier molecular flexibility index (Phi) is 5.81. The lowest BCUT2D eigenvalue weighted by molar-refractivity contribution is -0.138. The second-order valence-corrected chi connectivity index (χ2v) is 7.14. The Morgan fingerprint density at radius 3 is 2.69 bits per heavy atom. The molecule has 1 aliphatic rings. The largest absolute Gasteiger partial charge is 0.470 e. The van der Waals surface area contributed by atoms with Crippen LogP contribution in [0.5, 0.6) is 5.88 Å². The number of likely N-dealkylation sites (tertiary alicyclic amines) is 1. The minimum Gasteiger partial charge on any atom is -0.470 e. The summed E-state index contributed by atoms with van der Waals surface area (Å²) in [4.78, 5) is 21.9. The van der Waals surface area contributed by atoms with E-state index >= 15 is 0 Å². The third-order valence-electron chi connectivity index (χ3n) is 4.97. The number of ether oxygens (including phenoxy) is 1. The predicted molar refractivity (Wildman–Crippen MR) is 101 cm³/mol. The standard InChI is InChI=1S/C21H16F5N3O3/c22-15-5-1-4-14(17(15)19-27-6-8-31-19)20(30)29-7-2-3-13(11-29)32-18-16(23)9-12(10-28-18)21(24,25)26/h1,4-6,8-10,13H,2-3,7,11H2/t13-/m1/s1. The van der Waals surface area contributed by atoms with E-state index in [1.54, 1.807) is 0 Å². The van der Waals surface area contributed by atoms with E-state index in [1.807, 2.05) is 0 Å². The number of carbonyl (C=O) groups is 1. The molecule has 1 aromatic carbocycles. The molecule has 6 nitrogen and oxygen atoms in total. The molecule has 1 fully saturated rings. The van der Waals surface area contributed by atoms with Crippen LogP contribution in [0.25, 0.3) is 11.5 Å². The minimum atomic E-state index is -4.73. The average Bonchev–Trinajstić information content (AvgIpc) is 3.28. The molecule has 0 spiro atoms. The molecule has 1 aliphatic heterocycles. The highest BCUT2D eigenvalue weighted by atomic mass is 19.4. The summed E-state index contributed by atoms with van der Waals surface area (Å²) in [6, 6.07) is 4.31. The molecule has 0 unspecified atom stereocenters. The lowest BCUT2D eigenvalue weighted by Crippen LogP contribution is -2.44. The topological polar surface area (TPSA) is 68.5 Å². The molecule has 0 saturated carbocycles. The third-order valence-corrected chi connectivity index (χ3v) is 4.97. The fourth-order valence-corrected chi connectivity index (χ4v) is 3.48. The second-order valence-electron chi connectivity index (χ2n) is 7.14. The summed E-state index contributed by atoms with van der Waals surface area (Å²) in [7, 11) is 0. The third kappa shape index (κ3) is 4.41. The van der Waals surface area contributed by atoms with Gasteiger partial charge in [-0.05, 0) is 31.0 Å². The van der Waals surface area contributed by atoms with Crippen LogP contribution in [-0.2, 0) is 6.18 Å². The number of carbonyl (C=O) groups excluding carboxylic acids is 1. The number of pyridine rings is 1. The van der Waals surface area contributed by atoms with Gasteiger partial charge in [0.15, 0.2) is 5.82 Å². The van der Waals surface area contributed by atoms with Crippen LogP contribution in [-0.4, -0.2) is 40.0 Å². The smallest absolute Gasteiger partial charge is 0.417 e. The van der Waals surface area contributed by atoms with Crippen molar-refractivity contribution in [3.8, 4) is 17.3 Å². The van der Waals surface area contributed by atoms with E-state index < -0.39 is 41.3 Å². The zero-order valence-corrected chi connectivity index (χ0v) is 16.4. The number of hydrogen-bond acceptors (Lipinski definition) is 5. The molecular weight excluding hydrogens is 437 g/mol. The van der Waals surface area contributed by atoms with Gasteiger partial charge in [0.25, 0.3) is 11.8 Å². The van der Waals surface area contributed by atoms with E-state index in [2.05, 4.69) is 9.97 Å². The van der Waals surface area contributed by atoms with Gasteiger partial charge in [0.05, 0.1) is 29.4 Å². The molecular formula is C21H16F5N3O3. The number of piperidine rings is 1. The average molecular weight is 453 g/mol. The Morgan fingerprint density at radius 1 is 1.19 bits per heavy atom. The molecule has 1 saturated heterocycles. The number of benzene rings is 1. The van der Waals surface area contributed by atoms with Crippen molar-refractivity contribution >= 4 is 5.91 Å². The van der Waals surface area contributed by atoms with Gasteiger partial charge in [-0.3, -0.25) is 4.79 Å². The molecule has 4 rings (SSSR count). The Hall–Kier alpha value is -3.50. The van der Waals surface area contributed by atoms with Gasteiger partial charge in [-0.15, -0.1) is 0 Å². The number of nitrogens with zero attached hydrogens (tertiary/aromatic N) is 3. The van der Waals surface area contributed by atoms with E-state index in [1.165, 1.54) is 35.6 Å². The summed E-state index contributed by atoms with van der Waals surface area (Å²) in [6.07, 6.45) is -1.45. The van der Waals surface area contributed by atoms with Crippen molar-refractivity contribution in [3.05, 3.63) is 65.7 Å². The maximum atomic E-state index is 14.4. The number of oxazole rings is 1. The Morgan fingerprint density at radius 2 is 2.00 bits per heavy atom. The lowest BCUT2D eigenvalue weighted by Gasteiger charge is -2.33. The molecule has 0 radical (unpaired) electrons. The molecule has 168 valence electrons. The number of alkyl halides is 3. The molecule has 1 atom stereocenters. The van der Waals surface area contributed by atoms with Gasteiger partial charge in [-0.1, -0.05) is 6.07 Å². The molecule has 32 heavy (non-hydrogen) atoms. The highest BCUT2D eigenvalue weighted by Crippen LogP contribution is 2.32. The quantitative estimate of drug-likeness (QED) is 0.535. The summed E-state index contributed by atoms with van der Waals surface area (Å²) in [5.41, 5.74) is -1.28. The second kappa shape index (κ2) is 8.56. The number of halogens is 5. The van der Waals surface area contributed by atoms with Gasteiger partial charge in [0, 0.05) is 12.7 Å². The molecule has 0 aliphatic carbocycles. The van der Waals surface area contributed by atoms with Crippen LogP contribution in [0.1, 0.15) is 28.8 Å². The van der Waals surface area contributed by atoms with Gasteiger partial charge in [-0.2, -0.15) is 13.2 Å². The van der Waals surface area contributed by atoms with Crippen molar-refractivity contribution in [2.24, 2.45) is 0 Å². The first-order valence-corrected chi connectivity index (χ1v) is 9.61. The van der Waals surface area contributed by atoms with Crippen molar-refractivity contribution in [1.82, 2.24) is 14.9 Å². The van der Waals surface area contributed by atoms with Gasteiger partial charge >= 0.3 is 6.18 Å². The first-order valence-electron chi connectivity index (χ1n) is 9.61. The van der Waals surface area contributed by atoms with Crippen LogP contribution in [0.3, 0.4) is 0 Å². The highest BCUT2D eigenvalue weighted by Gasteiger charge is 2.33. The monoisotopic (exact) mass is 453 g/mol. The van der Waals surface area contributed by atoms with Gasteiger partial charge < -0.3 is 14.1 Å². The normalized spacial score (nSPS) is 16.8. The summed E-state index contributed by atoms with van der Waals surface area (Å²) >= 11 is 0. The van der Waals surface area contributed by atoms with Crippen LogP contribution in [0.4, 0.5) is 22.0 Å². The Balaban J connectivity index is 1.52. The molecule has 0 N–H and O–H groups in total. The van der Waals surface area contributed by atoms with Gasteiger partial charge in [-0.25, -0.2) is 18.7 Å². The number of rotatable bonds is 4. The Bertz CT molecular complexity index is 1120. The molecule has 3 aromatic rings. The van der Waals surface area contributed by atoms with Crippen molar-refractivity contribution in [3.63, 3.8) is 0 Å². The van der Waals surface area contributed by atoms with E-state index in [0.717, 1.165) is 0 Å². The minimum absolute atomic E-state index is 0.0164. The molecule has 3 heterocycles. The summed E-state index contributed by atoms with van der Waals surface area (Å²) in [5, 5.41) is 0. The lowest BCUT2D eigenvalue weighted by atomic mass is 10.0. The van der Waals surface area contributed by atoms with Crippen LogP contribution in [0.15, 0.2) is 47.3 Å². The number of amides is 1. The summed E-state index contributed by atoms with van der Waals surface area (Å²) in [6.45, 7) is 0.353. The van der Waals surface area contributed by atoms with Crippen LogP contribution in [0.2, 0.25) is 0 Å². The molecule has 2 aromatic heterocycles. The van der Waals surface area contributed by atoms with E-state index in [9.17, 15) is 26.7 Å². The maximum Gasteiger partial charge on any atom is 0.417 e. The fourth-order valence-electron chi connectivity index (χ4n) is 3.48. The van der Waals surface area contributed by atoms with Crippen molar-refractivity contribution in [1.29, 1.82) is 0 Å². The zero-order chi connectivity index (χ0) is 22.9. The number of hydrogen-bond donors (Lipinski definition) is 0. The van der Waals surface area contributed by atoms with Crippen molar-refractivity contribution in [2.75, 3.05) is 13.1 Å². The number of aromatic nitrogens is 2. The predicted octanol–water partition coefficient (Wildman–Crippen LogP) is 4.72. The van der Waals surface area contributed by atoms with E-state index in [0.29, 0.717) is 31.6 Å². The first kappa shape index (κ1) is 21.7.